The predicted molar refractivity (Wildman–Crippen MR) is 82.8 cm³/mol. The second-order valence-electron chi connectivity index (χ2n) is 5.14. The maximum absolute atomic E-state index is 11.3. The van der Waals surface area contributed by atoms with E-state index < -0.39 is 10.0 Å². The summed E-state index contributed by atoms with van der Waals surface area (Å²) in [7, 11) is -3.15. The SMILES string of the molecule is CS(=O)(=O)NC1CCCN(c2nc3ccccc3s2)C1. The minimum Gasteiger partial charge on any atom is -0.346 e. The third kappa shape index (κ3) is 3.11. The van der Waals surface area contributed by atoms with Crippen LogP contribution in [0, 0.1) is 0 Å². The Balaban J connectivity index is 1.79. The van der Waals surface area contributed by atoms with Crippen LogP contribution in [0.1, 0.15) is 12.8 Å². The second kappa shape index (κ2) is 5.31. The van der Waals surface area contributed by atoms with E-state index >= 15 is 0 Å². The Morgan fingerprint density at radius 2 is 2.20 bits per heavy atom. The van der Waals surface area contributed by atoms with Crippen molar-refractivity contribution >= 4 is 36.7 Å². The molecule has 5 nitrogen and oxygen atoms in total. The van der Waals surface area contributed by atoms with Crippen LogP contribution in [-0.4, -0.2) is 38.8 Å². The molecular weight excluding hydrogens is 294 g/mol. The molecule has 7 heteroatoms. The second-order valence-corrected chi connectivity index (χ2v) is 7.93. The molecule has 1 atom stereocenters. The average molecular weight is 311 g/mol. The molecule has 0 radical (unpaired) electrons. The van der Waals surface area contributed by atoms with Gasteiger partial charge in [0.1, 0.15) is 0 Å². The van der Waals surface area contributed by atoms with Crippen molar-refractivity contribution in [2.24, 2.45) is 0 Å². The molecule has 20 heavy (non-hydrogen) atoms. The Bertz CT molecular complexity index is 678. The molecular formula is C13H17N3O2S2. The Kier molecular flexibility index (Phi) is 3.66. The van der Waals surface area contributed by atoms with Crippen molar-refractivity contribution in [1.29, 1.82) is 0 Å². The van der Waals surface area contributed by atoms with Crippen molar-refractivity contribution in [3.05, 3.63) is 24.3 Å². The van der Waals surface area contributed by atoms with Gasteiger partial charge < -0.3 is 4.90 Å². The first kappa shape index (κ1) is 13.8. The summed E-state index contributed by atoms with van der Waals surface area (Å²) in [6.45, 7) is 1.62. The van der Waals surface area contributed by atoms with Crippen LogP contribution in [0.4, 0.5) is 5.13 Å². The monoisotopic (exact) mass is 311 g/mol. The number of anilines is 1. The van der Waals surface area contributed by atoms with Crippen LogP contribution in [0.25, 0.3) is 10.2 Å². The van der Waals surface area contributed by atoms with Crippen LogP contribution >= 0.6 is 11.3 Å². The fourth-order valence-corrected chi connectivity index (χ4v) is 4.34. The number of sulfonamides is 1. The first-order valence-electron chi connectivity index (χ1n) is 6.59. The molecule has 108 valence electrons. The van der Waals surface area contributed by atoms with E-state index in [1.807, 2.05) is 18.2 Å². The largest absolute Gasteiger partial charge is 0.346 e. The van der Waals surface area contributed by atoms with Crippen molar-refractivity contribution in [2.75, 3.05) is 24.2 Å². The maximum Gasteiger partial charge on any atom is 0.209 e. The van der Waals surface area contributed by atoms with Gasteiger partial charge in [0, 0.05) is 19.1 Å². The molecule has 0 saturated carbocycles. The molecule has 1 fully saturated rings. The molecule has 1 N–H and O–H groups in total. The first-order valence-corrected chi connectivity index (χ1v) is 9.30. The smallest absolute Gasteiger partial charge is 0.209 e. The van der Waals surface area contributed by atoms with Crippen molar-refractivity contribution in [2.45, 2.75) is 18.9 Å². The molecule has 0 amide bonds. The lowest BCUT2D eigenvalue weighted by Crippen LogP contribution is -2.47. The van der Waals surface area contributed by atoms with Crippen LogP contribution in [0.2, 0.25) is 0 Å². The molecule has 0 bridgehead atoms. The Morgan fingerprint density at radius 1 is 1.40 bits per heavy atom. The van der Waals surface area contributed by atoms with Crippen LogP contribution in [0.5, 0.6) is 0 Å². The van der Waals surface area contributed by atoms with E-state index in [-0.39, 0.29) is 6.04 Å². The van der Waals surface area contributed by atoms with E-state index in [1.54, 1.807) is 11.3 Å². The number of para-hydroxylation sites is 1. The highest BCUT2D eigenvalue weighted by atomic mass is 32.2. The van der Waals surface area contributed by atoms with Crippen LogP contribution in [0.15, 0.2) is 24.3 Å². The van der Waals surface area contributed by atoms with Crippen LogP contribution in [0.3, 0.4) is 0 Å². The summed E-state index contributed by atoms with van der Waals surface area (Å²) in [5.41, 5.74) is 1.01. The predicted octanol–water partition coefficient (Wildman–Crippen LogP) is 1.81. The van der Waals surface area contributed by atoms with Gasteiger partial charge in [-0.2, -0.15) is 0 Å². The topological polar surface area (TPSA) is 62.3 Å². The molecule has 1 aliphatic heterocycles. The molecule has 1 unspecified atom stereocenters. The number of aromatic nitrogens is 1. The van der Waals surface area contributed by atoms with Gasteiger partial charge in [0.15, 0.2) is 5.13 Å². The minimum atomic E-state index is -3.15. The highest BCUT2D eigenvalue weighted by molar-refractivity contribution is 7.88. The summed E-state index contributed by atoms with van der Waals surface area (Å²) in [6, 6.07) is 8.04. The van der Waals surface area contributed by atoms with Crippen molar-refractivity contribution < 1.29 is 8.42 Å². The fraction of sp³-hybridized carbons (Fsp3) is 0.462. The van der Waals surface area contributed by atoms with Gasteiger partial charge in [0.25, 0.3) is 0 Å². The molecule has 1 aromatic carbocycles. The zero-order chi connectivity index (χ0) is 14.2. The lowest BCUT2D eigenvalue weighted by atomic mass is 10.1. The number of piperidine rings is 1. The fourth-order valence-electron chi connectivity index (χ4n) is 2.55. The number of nitrogens with zero attached hydrogens (tertiary/aromatic N) is 2. The third-order valence-corrected chi connectivity index (χ3v) is 5.21. The lowest BCUT2D eigenvalue weighted by molar-refractivity contribution is 0.467. The quantitative estimate of drug-likeness (QED) is 0.939. The molecule has 1 aliphatic rings. The van der Waals surface area contributed by atoms with Crippen LogP contribution < -0.4 is 9.62 Å². The molecule has 1 aromatic heterocycles. The van der Waals surface area contributed by atoms with Gasteiger partial charge in [-0.25, -0.2) is 18.1 Å². The normalized spacial score (nSPS) is 20.4. The zero-order valence-corrected chi connectivity index (χ0v) is 12.9. The van der Waals surface area contributed by atoms with E-state index in [4.69, 9.17) is 0 Å². The minimum absolute atomic E-state index is 0.0224. The van der Waals surface area contributed by atoms with Gasteiger partial charge in [-0.15, -0.1) is 0 Å². The van der Waals surface area contributed by atoms with Crippen molar-refractivity contribution in [3.8, 4) is 0 Å². The van der Waals surface area contributed by atoms with Crippen molar-refractivity contribution in [1.82, 2.24) is 9.71 Å². The number of hydrogen-bond acceptors (Lipinski definition) is 5. The van der Waals surface area contributed by atoms with E-state index in [0.29, 0.717) is 6.54 Å². The van der Waals surface area contributed by atoms with Gasteiger partial charge >= 0.3 is 0 Å². The number of thiazole rings is 1. The summed E-state index contributed by atoms with van der Waals surface area (Å²) in [5, 5.41) is 0.978. The maximum atomic E-state index is 11.3. The number of fused-ring (bicyclic) bond motifs is 1. The number of benzene rings is 1. The summed E-state index contributed by atoms with van der Waals surface area (Å²) in [5.74, 6) is 0. The average Bonchev–Trinajstić information content (AvgIpc) is 2.80. The van der Waals surface area contributed by atoms with Gasteiger partial charge in [-0.05, 0) is 25.0 Å². The van der Waals surface area contributed by atoms with E-state index in [0.717, 1.165) is 30.0 Å². The molecule has 1 saturated heterocycles. The first-order chi connectivity index (χ1) is 9.51. The highest BCUT2D eigenvalue weighted by Crippen LogP contribution is 2.30. The highest BCUT2D eigenvalue weighted by Gasteiger charge is 2.24. The molecule has 3 rings (SSSR count). The van der Waals surface area contributed by atoms with Crippen LogP contribution in [-0.2, 0) is 10.0 Å². The van der Waals surface area contributed by atoms with E-state index in [1.165, 1.54) is 11.0 Å². The van der Waals surface area contributed by atoms with Gasteiger partial charge in [0.05, 0.1) is 16.5 Å². The van der Waals surface area contributed by atoms with Gasteiger partial charge in [-0.3, -0.25) is 0 Å². The molecule has 2 aromatic rings. The van der Waals surface area contributed by atoms with Gasteiger partial charge in [0.2, 0.25) is 10.0 Å². The number of rotatable bonds is 3. The standard InChI is InChI=1S/C13H17N3O2S2/c1-20(17,18)15-10-5-4-8-16(9-10)13-14-11-6-2-3-7-12(11)19-13/h2-3,6-7,10,15H,4-5,8-9H2,1H3. The summed E-state index contributed by atoms with van der Waals surface area (Å²) in [6.07, 6.45) is 3.07. The molecule has 2 heterocycles. The van der Waals surface area contributed by atoms with E-state index in [2.05, 4.69) is 20.7 Å². The Morgan fingerprint density at radius 3 is 2.95 bits per heavy atom. The van der Waals surface area contributed by atoms with E-state index in [9.17, 15) is 8.42 Å². The lowest BCUT2D eigenvalue weighted by Gasteiger charge is -2.32. The third-order valence-electron chi connectivity index (χ3n) is 3.36. The Labute approximate surface area is 122 Å². The molecule has 0 aliphatic carbocycles. The van der Waals surface area contributed by atoms with Gasteiger partial charge in [-0.1, -0.05) is 23.5 Å². The zero-order valence-electron chi connectivity index (χ0n) is 11.2. The van der Waals surface area contributed by atoms with Crippen molar-refractivity contribution in [3.63, 3.8) is 0 Å². The summed E-state index contributed by atoms with van der Waals surface area (Å²) in [4.78, 5) is 6.81. The molecule has 0 spiro atoms. The Hall–Kier alpha value is -1.18. The number of hydrogen-bond donors (Lipinski definition) is 1. The number of nitrogens with one attached hydrogen (secondary N) is 1. The summed E-state index contributed by atoms with van der Waals surface area (Å²) < 4.78 is 26.5. The summed E-state index contributed by atoms with van der Waals surface area (Å²) >= 11 is 1.66.